The molecule has 1 aromatic rings. The number of ether oxygens (including phenoxy) is 1. The summed E-state index contributed by atoms with van der Waals surface area (Å²) in [4.78, 5) is 12.4. The van der Waals surface area contributed by atoms with E-state index >= 15 is 0 Å². The van der Waals surface area contributed by atoms with Crippen LogP contribution in [-0.4, -0.2) is 29.0 Å². The van der Waals surface area contributed by atoms with Crippen molar-refractivity contribution >= 4 is 28.8 Å². The van der Waals surface area contributed by atoms with Crippen LogP contribution in [-0.2, 0) is 15.1 Å². The van der Waals surface area contributed by atoms with Crippen LogP contribution in [0.15, 0.2) is 18.2 Å². The van der Waals surface area contributed by atoms with Crippen molar-refractivity contribution in [1.29, 1.82) is 0 Å². The van der Waals surface area contributed by atoms with Gasteiger partial charge in [0.15, 0.2) is 0 Å². The van der Waals surface area contributed by atoms with E-state index in [1.165, 1.54) is 18.2 Å². The molecule has 0 spiro atoms. The van der Waals surface area contributed by atoms with Gasteiger partial charge in [0.2, 0.25) is 5.91 Å². The van der Waals surface area contributed by atoms with Crippen LogP contribution in [0.1, 0.15) is 39.2 Å². The number of nitrogens with one attached hydrogen (secondary N) is 2. The lowest BCUT2D eigenvalue weighted by Crippen LogP contribution is -2.45. The average molecular weight is 386 g/mol. The maximum Gasteiger partial charge on any atom is 0.260 e. The summed E-state index contributed by atoms with van der Waals surface area (Å²) in [5.41, 5.74) is -0.861. The molecule has 1 heterocycles. The van der Waals surface area contributed by atoms with Crippen molar-refractivity contribution in [2.24, 2.45) is 5.92 Å². The molecule has 2 aliphatic rings. The summed E-state index contributed by atoms with van der Waals surface area (Å²) in [6, 6.07) is 4.03. The number of alkyl halides is 2. The zero-order valence-corrected chi connectivity index (χ0v) is 15.6. The first kappa shape index (κ1) is 19.1. The standard InChI is InChI=1S/C18H21F3N2O2S/c1-16(2)9-17(3,23-14(26)8-25-16)11-6-10(4-5-13(11)19)22-15(24)12-7-18(12,20)21/h4-6,12H,7-9H2,1-3H3,(H,22,24)(H,23,26)/t12?,17-/m0/s1. The summed E-state index contributed by atoms with van der Waals surface area (Å²) < 4.78 is 46.4. The van der Waals surface area contributed by atoms with Crippen LogP contribution < -0.4 is 10.6 Å². The van der Waals surface area contributed by atoms with E-state index in [1.807, 2.05) is 13.8 Å². The van der Waals surface area contributed by atoms with E-state index in [9.17, 15) is 18.0 Å². The van der Waals surface area contributed by atoms with Crippen LogP contribution in [0.3, 0.4) is 0 Å². The molecule has 1 aromatic carbocycles. The third-order valence-corrected chi connectivity index (χ3v) is 4.98. The summed E-state index contributed by atoms with van der Waals surface area (Å²) in [5.74, 6) is -5.50. The van der Waals surface area contributed by atoms with Crippen molar-refractivity contribution < 1.29 is 22.7 Å². The van der Waals surface area contributed by atoms with E-state index in [0.29, 0.717) is 17.0 Å². The van der Waals surface area contributed by atoms with Gasteiger partial charge in [0, 0.05) is 24.1 Å². The first-order valence-electron chi connectivity index (χ1n) is 8.36. The fraction of sp³-hybridized carbons (Fsp3) is 0.556. The first-order valence-corrected chi connectivity index (χ1v) is 8.76. The van der Waals surface area contributed by atoms with Gasteiger partial charge < -0.3 is 15.4 Å². The summed E-state index contributed by atoms with van der Waals surface area (Å²) in [5, 5.41) is 5.58. The smallest absolute Gasteiger partial charge is 0.260 e. The van der Waals surface area contributed by atoms with Gasteiger partial charge in [-0.3, -0.25) is 4.79 Å². The normalized spacial score (nSPS) is 29.5. The Bertz CT molecular complexity index is 769. The number of benzene rings is 1. The van der Waals surface area contributed by atoms with E-state index in [2.05, 4.69) is 10.6 Å². The second kappa shape index (κ2) is 6.20. The molecule has 1 aliphatic carbocycles. The maximum atomic E-state index is 14.6. The molecule has 8 heteroatoms. The third-order valence-electron chi connectivity index (χ3n) is 4.76. The molecule has 1 aliphatic heterocycles. The largest absolute Gasteiger partial charge is 0.368 e. The van der Waals surface area contributed by atoms with Crippen molar-refractivity contribution in [3.05, 3.63) is 29.6 Å². The molecule has 1 unspecified atom stereocenters. The molecule has 0 radical (unpaired) electrons. The quantitative estimate of drug-likeness (QED) is 0.777. The second-order valence-corrected chi connectivity index (χ2v) is 8.30. The summed E-state index contributed by atoms with van der Waals surface area (Å²) in [6.45, 7) is 5.81. The number of rotatable bonds is 3. The summed E-state index contributed by atoms with van der Waals surface area (Å²) >= 11 is 5.25. The lowest BCUT2D eigenvalue weighted by molar-refractivity contribution is -0.119. The van der Waals surface area contributed by atoms with Crippen LogP contribution in [0.5, 0.6) is 0 Å². The van der Waals surface area contributed by atoms with Crippen molar-refractivity contribution in [2.75, 3.05) is 11.9 Å². The number of carbonyl (C=O) groups excluding carboxylic acids is 1. The van der Waals surface area contributed by atoms with Crippen LogP contribution in [0.25, 0.3) is 0 Å². The van der Waals surface area contributed by atoms with Crippen molar-refractivity contribution in [3.63, 3.8) is 0 Å². The van der Waals surface area contributed by atoms with Gasteiger partial charge in [0.25, 0.3) is 5.92 Å². The average Bonchev–Trinajstić information content (AvgIpc) is 3.17. The van der Waals surface area contributed by atoms with E-state index in [1.54, 1.807) is 6.92 Å². The molecule has 26 heavy (non-hydrogen) atoms. The van der Waals surface area contributed by atoms with Gasteiger partial charge in [0.05, 0.1) is 17.7 Å². The number of anilines is 1. The first-order chi connectivity index (χ1) is 11.9. The molecule has 2 atom stereocenters. The number of halogens is 3. The topological polar surface area (TPSA) is 50.4 Å². The third kappa shape index (κ3) is 3.86. The van der Waals surface area contributed by atoms with Crippen molar-refractivity contribution in [2.45, 2.75) is 50.7 Å². The molecular formula is C18H21F3N2O2S. The van der Waals surface area contributed by atoms with E-state index in [0.717, 1.165) is 0 Å². The van der Waals surface area contributed by atoms with Crippen LogP contribution in [0.4, 0.5) is 18.9 Å². The predicted octanol–water partition coefficient (Wildman–Crippen LogP) is 3.75. The second-order valence-electron chi connectivity index (χ2n) is 7.81. The Hall–Kier alpha value is -1.67. The molecule has 142 valence electrons. The lowest BCUT2D eigenvalue weighted by atomic mass is 9.81. The Morgan fingerprint density at radius 1 is 1.35 bits per heavy atom. The monoisotopic (exact) mass is 386 g/mol. The highest BCUT2D eigenvalue weighted by molar-refractivity contribution is 7.80. The Morgan fingerprint density at radius 2 is 2.00 bits per heavy atom. The minimum atomic E-state index is -2.95. The van der Waals surface area contributed by atoms with Gasteiger partial charge in [0.1, 0.15) is 16.7 Å². The molecule has 2 fully saturated rings. The van der Waals surface area contributed by atoms with Crippen molar-refractivity contribution in [1.82, 2.24) is 5.32 Å². The summed E-state index contributed by atoms with van der Waals surface area (Å²) in [6.07, 6.45) is -0.0267. The van der Waals surface area contributed by atoms with Crippen LogP contribution in [0, 0.1) is 11.7 Å². The fourth-order valence-corrected chi connectivity index (χ4v) is 3.75. The minimum absolute atomic E-state index is 0.229. The molecule has 1 saturated carbocycles. The maximum absolute atomic E-state index is 14.6. The van der Waals surface area contributed by atoms with E-state index in [4.69, 9.17) is 17.0 Å². The number of amides is 1. The van der Waals surface area contributed by atoms with Crippen LogP contribution in [0.2, 0.25) is 0 Å². The Balaban J connectivity index is 1.89. The van der Waals surface area contributed by atoms with E-state index < -0.39 is 41.1 Å². The van der Waals surface area contributed by atoms with Crippen LogP contribution >= 0.6 is 12.2 Å². The molecule has 1 amide bonds. The number of hydrogen-bond donors (Lipinski definition) is 2. The molecular weight excluding hydrogens is 365 g/mol. The zero-order chi connectivity index (χ0) is 19.3. The summed E-state index contributed by atoms with van der Waals surface area (Å²) in [7, 11) is 0. The van der Waals surface area contributed by atoms with Crippen molar-refractivity contribution in [3.8, 4) is 0 Å². The Labute approximate surface area is 155 Å². The zero-order valence-electron chi connectivity index (χ0n) is 14.8. The molecule has 0 bridgehead atoms. The molecule has 4 nitrogen and oxygen atoms in total. The van der Waals surface area contributed by atoms with Gasteiger partial charge in [-0.1, -0.05) is 12.2 Å². The number of hydrogen-bond acceptors (Lipinski definition) is 3. The Kier molecular flexibility index (Phi) is 4.55. The molecule has 3 rings (SSSR count). The lowest BCUT2D eigenvalue weighted by Gasteiger charge is -2.35. The number of thiocarbonyl (C=S) groups is 1. The highest BCUT2D eigenvalue weighted by Gasteiger charge is 2.61. The van der Waals surface area contributed by atoms with Gasteiger partial charge in [-0.05, 0) is 39.0 Å². The fourth-order valence-electron chi connectivity index (χ4n) is 3.47. The van der Waals surface area contributed by atoms with Gasteiger partial charge in [-0.15, -0.1) is 0 Å². The van der Waals surface area contributed by atoms with Gasteiger partial charge >= 0.3 is 0 Å². The van der Waals surface area contributed by atoms with Gasteiger partial charge in [-0.25, -0.2) is 13.2 Å². The minimum Gasteiger partial charge on any atom is -0.368 e. The molecule has 0 aromatic heterocycles. The molecule has 2 N–H and O–H groups in total. The highest BCUT2D eigenvalue weighted by Crippen LogP contribution is 2.49. The molecule has 1 saturated heterocycles. The SMILES string of the molecule is CC1(C)C[C@@](C)(c2cc(NC(=O)C3CC3(F)F)ccc2F)NC(=S)CO1. The number of carbonyl (C=O) groups is 1. The Morgan fingerprint density at radius 3 is 2.62 bits per heavy atom. The predicted molar refractivity (Wildman–Crippen MR) is 95.8 cm³/mol. The van der Waals surface area contributed by atoms with E-state index in [-0.39, 0.29) is 12.3 Å². The highest BCUT2D eigenvalue weighted by atomic mass is 32.1. The van der Waals surface area contributed by atoms with Gasteiger partial charge in [-0.2, -0.15) is 0 Å².